The molecule has 2 rings (SSSR count). The molecule has 0 radical (unpaired) electrons. The number of hydrogen-bond donors (Lipinski definition) is 0. The lowest BCUT2D eigenvalue weighted by Crippen LogP contribution is -2.21. The Bertz CT molecular complexity index is 380. The fourth-order valence-electron chi connectivity index (χ4n) is 2.12. The van der Waals surface area contributed by atoms with Crippen molar-refractivity contribution in [2.75, 3.05) is 0 Å². The first kappa shape index (κ1) is 11.7. The Morgan fingerprint density at radius 2 is 2.25 bits per heavy atom. The van der Waals surface area contributed by atoms with Crippen molar-refractivity contribution in [2.45, 2.75) is 44.1 Å². The van der Waals surface area contributed by atoms with Crippen LogP contribution in [0, 0.1) is 5.82 Å². The molecular weight excluding hydrogens is 227 g/mol. The van der Waals surface area contributed by atoms with Crippen molar-refractivity contribution in [1.82, 2.24) is 0 Å². The van der Waals surface area contributed by atoms with Crippen LogP contribution in [0.4, 0.5) is 4.39 Å². The van der Waals surface area contributed by atoms with Crippen molar-refractivity contribution in [2.24, 2.45) is 0 Å². The summed E-state index contributed by atoms with van der Waals surface area (Å²) in [5.41, 5.74) is 1.09. The Morgan fingerprint density at radius 1 is 1.50 bits per heavy atom. The van der Waals surface area contributed by atoms with Gasteiger partial charge in [0.2, 0.25) is 0 Å². The van der Waals surface area contributed by atoms with Crippen molar-refractivity contribution >= 4 is 11.6 Å². The standard InChI is InChI=1S/C13H16ClFO/c1-3-9(14)6-12-8(2)11-5-4-10(15)7-13(11)16-12/h4-5,7-9,12H,3,6H2,1-2H3. The first-order chi connectivity index (χ1) is 7.61. The summed E-state index contributed by atoms with van der Waals surface area (Å²) in [5, 5.41) is 0.131. The lowest BCUT2D eigenvalue weighted by Gasteiger charge is -2.17. The zero-order valence-electron chi connectivity index (χ0n) is 9.54. The lowest BCUT2D eigenvalue weighted by atomic mass is 9.94. The van der Waals surface area contributed by atoms with Gasteiger partial charge in [0.25, 0.3) is 0 Å². The molecule has 0 fully saturated rings. The van der Waals surface area contributed by atoms with Gasteiger partial charge in [-0.15, -0.1) is 11.6 Å². The molecule has 0 aliphatic carbocycles. The van der Waals surface area contributed by atoms with Crippen LogP contribution in [0.25, 0.3) is 0 Å². The monoisotopic (exact) mass is 242 g/mol. The van der Waals surface area contributed by atoms with E-state index in [1.165, 1.54) is 12.1 Å². The van der Waals surface area contributed by atoms with E-state index in [9.17, 15) is 4.39 Å². The minimum Gasteiger partial charge on any atom is -0.489 e. The topological polar surface area (TPSA) is 9.23 Å². The summed E-state index contributed by atoms with van der Waals surface area (Å²) in [7, 11) is 0. The molecule has 0 amide bonds. The zero-order chi connectivity index (χ0) is 11.7. The normalized spacial score (nSPS) is 25.0. The molecule has 1 aromatic rings. The van der Waals surface area contributed by atoms with Crippen LogP contribution in [-0.2, 0) is 0 Å². The Balaban J connectivity index is 2.14. The first-order valence-corrected chi connectivity index (χ1v) is 6.15. The molecule has 0 spiro atoms. The van der Waals surface area contributed by atoms with Gasteiger partial charge in [0.05, 0.1) is 0 Å². The summed E-state index contributed by atoms with van der Waals surface area (Å²) < 4.78 is 18.8. The Morgan fingerprint density at radius 3 is 2.94 bits per heavy atom. The molecule has 1 aromatic carbocycles. The highest BCUT2D eigenvalue weighted by atomic mass is 35.5. The minimum absolute atomic E-state index is 0.0826. The second-order valence-corrected chi connectivity index (χ2v) is 4.99. The third-order valence-electron chi connectivity index (χ3n) is 3.23. The molecule has 0 saturated carbocycles. The third-order valence-corrected chi connectivity index (χ3v) is 3.72. The highest BCUT2D eigenvalue weighted by Crippen LogP contribution is 2.40. The molecule has 0 N–H and O–H groups in total. The van der Waals surface area contributed by atoms with E-state index in [1.807, 2.05) is 6.07 Å². The third kappa shape index (κ3) is 2.17. The molecular formula is C13H16ClFO. The maximum atomic E-state index is 13.0. The highest BCUT2D eigenvalue weighted by Gasteiger charge is 2.32. The molecule has 16 heavy (non-hydrogen) atoms. The van der Waals surface area contributed by atoms with E-state index in [4.69, 9.17) is 16.3 Å². The Labute approximate surface area is 101 Å². The van der Waals surface area contributed by atoms with Crippen LogP contribution in [0.15, 0.2) is 18.2 Å². The molecule has 3 atom stereocenters. The molecule has 3 heteroatoms. The summed E-state index contributed by atoms with van der Waals surface area (Å²) in [5.74, 6) is 0.727. The summed E-state index contributed by atoms with van der Waals surface area (Å²) >= 11 is 6.13. The number of rotatable bonds is 3. The molecule has 0 saturated heterocycles. The van der Waals surface area contributed by atoms with Gasteiger partial charge >= 0.3 is 0 Å². The maximum absolute atomic E-state index is 13.0. The number of halogens is 2. The molecule has 3 unspecified atom stereocenters. The highest BCUT2D eigenvalue weighted by molar-refractivity contribution is 6.20. The summed E-state index contributed by atoms with van der Waals surface area (Å²) in [6, 6.07) is 4.75. The fourth-order valence-corrected chi connectivity index (χ4v) is 2.30. The summed E-state index contributed by atoms with van der Waals surface area (Å²) in [6.45, 7) is 4.16. The van der Waals surface area contributed by atoms with Gasteiger partial charge < -0.3 is 4.74 Å². The quantitative estimate of drug-likeness (QED) is 0.726. The van der Waals surface area contributed by atoms with Crippen LogP contribution in [0.5, 0.6) is 5.75 Å². The number of alkyl halides is 1. The van der Waals surface area contributed by atoms with Gasteiger partial charge in [0, 0.05) is 29.3 Å². The average Bonchev–Trinajstić information content (AvgIpc) is 2.55. The Kier molecular flexibility index (Phi) is 3.38. The van der Waals surface area contributed by atoms with Gasteiger partial charge in [0.15, 0.2) is 0 Å². The molecule has 0 aromatic heterocycles. The largest absolute Gasteiger partial charge is 0.489 e. The summed E-state index contributed by atoms with van der Waals surface area (Å²) in [4.78, 5) is 0. The second kappa shape index (κ2) is 4.62. The summed E-state index contributed by atoms with van der Waals surface area (Å²) in [6.07, 6.45) is 1.83. The van der Waals surface area contributed by atoms with E-state index >= 15 is 0 Å². The van der Waals surface area contributed by atoms with Gasteiger partial charge in [-0.1, -0.05) is 19.9 Å². The van der Waals surface area contributed by atoms with E-state index in [0.29, 0.717) is 11.7 Å². The SMILES string of the molecule is CCC(Cl)CC1Oc2cc(F)ccc2C1C. The van der Waals surface area contributed by atoms with E-state index in [2.05, 4.69) is 13.8 Å². The number of fused-ring (bicyclic) bond motifs is 1. The fraction of sp³-hybridized carbons (Fsp3) is 0.538. The first-order valence-electron chi connectivity index (χ1n) is 5.72. The van der Waals surface area contributed by atoms with Gasteiger partial charge in [-0.25, -0.2) is 4.39 Å². The second-order valence-electron chi connectivity index (χ2n) is 4.37. The van der Waals surface area contributed by atoms with Gasteiger partial charge in [-0.3, -0.25) is 0 Å². The number of ether oxygens (including phenoxy) is 1. The van der Waals surface area contributed by atoms with Crippen LogP contribution < -0.4 is 4.74 Å². The molecule has 0 bridgehead atoms. The number of benzene rings is 1. The van der Waals surface area contributed by atoms with Crippen LogP contribution in [0.2, 0.25) is 0 Å². The van der Waals surface area contributed by atoms with Crippen molar-refractivity contribution in [3.63, 3.8) is 0 Å². The molecule has 1 aliphatic heterocycles. The van der Waals surface area contributed by atoms with Crippen LogP contribution in [-0.4, -0.2) is 11.5 Å². The molecule has 1 nitrogen and oxygen atoms in total. The molecule has 1 heterocycles. The van der Waals surface area contributed by atoms with Crippen LogP contribution >= 0.6 is 11.6 Å². The Hall–Kier alpha value is -0.760. The van der Waals surface area contributed by atoms with Gasteiger partial charge in [-0.05, 0) is 12.5 Å². The molecule has 88 valence electrons. The molecule has 1 aliphatic rings. The average molecular weight is 243 g/mol. The minimum atomic E-state index is -0.246. The predicted octanol–water partition coefficient (Wildman–Crippen LogP) is 4.10. The van der Waals surface area contributed by atoms with E-state index in [0.717, 1.165) is 18.4 Å². The van der Waals surface area contributed by atoms with Crippen LogP contribution in [0.3, 0.4) is 0 Å². The van der Waals surface area contributed by atoms with Crippen LogP contribution in [0.1, 0.15) is 38.2 Å². The lowest BCUT2D eigenvalue weighted by molar-refractivity contribution is 0.197. The van der Waals surface area contributed by atoms with Gasteiger partial charge in [0.1, 0.15) is 17.7 Å². The smallest absolute Gasteiger partial charge is 0.126 e. The van der Waals surface area contributed by atoms with E-state index in [-0.39, 0.29) is 17.3 Å². The van der Waals surface area contributed by atoms with Crippen molar-refractivity contribution < 1.29 is 9.13 Å². The van der Waals surface area contributed by atoms with E-state index < -0.39 is 0 Å². The van der Waals surface area contributed by atoms with Crippen molar-refractivity contribution in [3.8, 4) is 5.75 Å². The zero-order valence-corrected chi connectivity index (χ0v) is 10.3. The predicted molar refractivity (Wildman–Crippen MR) is 63.8 cm³/mol. The van der Waals surface area contributed by atoms with Gasteiger partial charge in [-0.2, -0.15) is 0 Å². The number of hydrogen-bond acceptors (Lipinski definition) is 1. The maximum Gasteiger partial charge on any atom is 0.126 e. The van der Waals surface area contributed by atoms with Crippen molar-refractivity contribution in [3.05, 3.63) is 29.6 Å². The van der Waals surface area contributed by atoms with E-state index in [1.54, 1.807) is 0 Å². The van der Waals surface area contributed by atoms with Crippen molar-refractivity contribution in [1.29, 1.82) is 0 Å².